The third-order valence-corrected chi connectivity index (χ3v) is 9.62. The highest BCUT2D eigenvalue weighted by Gasteiger charge is 2.28. The predicted octanol–water partition coefficient (Wildman–Crippen LogP) is 5.22. The van der Waals surface area contributed by atoms with Crippen molar-refractivity contribution in [3.05, 3.63) is 65.1 Å². The van der Waals surface area contributed by atoms with Gasteiger partial charge < -0.3 is 4.90 Å². The number of aryl methyl sites for hydroxylation is 2. The quantitative estimate of drug-likeness (QED) is 0.349. The first-order valence-corrected chi connectivity index (χ1v) is 15.0. The van der Waals surface area contributed by atoms with Gasteiger partial charge in [0.2, 0.25) is 0 Å². The standard InChI is InChI=1S/C28H29ClN6O2S/c1-18-24(29)11-10-22-27(21-7-5-8-25-23(21)17-33(2)31-25)32-35(28(18)22)19-6-4-9-26(30-16-19)34-14-12-20(13-15-34)38(3,36)37/h5-11,16-17,20H,4,12-15H2,1-3H3. The van der Waals surface area contributed by atoms with Crippen LogP contribution in [0.3, 0.4) is 0 Å². The lowest BCUT2D eigenvalue weighted by Crippen LogP contribution is -2.38. The van der Waals surface area contributed by atoms with E-state index in [1.807, 2.05) is 60.0 Å². The van der Waals surface area contributed by atoms with Crippen molar-refractivity contribution in [2.75, 3.05) is 19.3 Å². The van der Waals surface area contributed by atoms with Gasteiger partial charge in [-0.3, -0.25) is 4.68 Å². The maximum absolute atomic E-state index is 12.0. The molecule has 1 saturated heterocycles. The number of sulfone groups is 1. The van der Waals surface area contributed by atoms with Crippen molar-refractivity contribution in [2.45, 2.75) is 31.4 Å². The highest BCUT2D eigenvalue weighted by atomic mass is 35.5. The average Bonchev–Trinajstić information content (AvgIpc) is 3.37. The summed E-state index contributed by atoms with van der Waals surface area (Å²) >= 11 is 6.59. The van der Waals surface area contributed by atoms with Crippen molar-refractivity contribution in [1.29, 1.82) is 0 Å². The van der Waals surface area contributed by atoms with E-state index in [9.17, 15) is 8.42 Å². The fraction of sp³-hybridized carbons (Fsp3) is 0.321. The number of hydrogen-bond donors (Lipinski definition) is 0. The molecule has 1 fully saturated rings. The summed E-state index contributed by atoms with van der Waals surface area (Å²) in [5.74, 6) is 0.870. The number of aromatic nitrogens is 4. The van der Waals surface area contributed by atoms with E-state index in [0.717, 1.165) is 50.1 Å². The van der Waals surface area contributed by atoms with Gasteiger partial charge in [0, 0.05) is 53.9 Å². The number of hydrogen-bond acceptors (Lipinski definition) is 6. The first-order valence-electron chi connectivity index (χ1n) is 12.7. The van der Waals surface area contributed by atoms with Crippen LogP contribution in [0.15, 0.2) is 59.5 Å². The largest absolute Gasteiger partial charge is 0.357 e. The van der Waals surface area contributed by atoms with Gasteiger partial charge in [-0.05, 0) is 56.0 Å². The molecule has 0 unspecified atom stereocenters. The molecule has 38 heavy (non-hydrogen) atoms. The van der Waals surface area contributed by atoms with E-state index in [-0.39, 0.29) is 5.25 Å². The van der Waals surface area contributed by atoms with Gasteiger partial charge in [-0.25, -0.2) is 18.1 Å². The Morgan fingerprint density at radius 3 is 2.58 bits per heavy atom. The molecule has 2 aliphatic rings. The Bertz CT molecular complexity index is 1770. The van der Waals surface area contributed by atoms with Crippen molar-refractivity contribution < 1.29 is 8.42 Å². The summed E-state index contributed by atoms with van der Waals surface area (Å²) in [5, 5.41) is 12.2. The minimum atomic E-state index is -3.02. The fourth-order valence-corrected chi connectivity index (χ4v) is 6.70. The number of benzene rings is 2. The zero-order valence-electron chi connectivity index (χ0n) is 21.6. The number of rotatable bonds is 4. The lowest BCUT2D eigenvalue weighted by atomic mass is 10.0. The number of allylic oxidation sites excluding steroid dienone is 3. The lowest BCUT2D eigenvalue weighted by molar-refractivity contribution is 0.283. The summed E-state index contributed by atoms with van der Waals surface area (Å²) in [6, 6.07) is 10.0. The lowest BCUT2D eigenvalue weighted by Gasteiger charge is -2.32. The van der Waals surface area contributed by atoms with Crippen LogP contribution in [0.25, 0.3) is 38.8 Å². The highest BCUT2D eigenvalue weighted by molar-refractivity contribution is 7.91. The number of aliphatic imine (C=N–C) groups is 1. The van der Waals surface area contributed by atoms with Crippen LogP contribution in [0.1, 0.15) is 24.8 Å². The normalized spacial score (nSPS) is 17.2. The maximum atomic E-state index is 12.0. The van der Waals surface area contributed by atoms with Gasteiger partial charge in [0.25, 0.3) is 0 Å². The molecule has 0 N–H and O–H groups in total. The van der Waals surface area contributed by atoms with E-state index in [1.54, 1.807) is 0 Å². The molecule has 0 aliphatic carbocycles. The topological polar surface area (TPSA) is 85.4 Å². The van der Waals surface area contributed by atoms with E-state index >= 15 is 0 Å². The second-order valence-electron chi connectivity index (χ2n) is 10.1. The molecule has 6 rings (SSSR count). The zero-order chi connectivity index (χ0) is 26.6. The Balaban J connectivity index is 1.39. The Kier molecular flexibility index (Phi) is 6.15. The Morgan fingerprint density at radius 1 is 1.03 bits per heavy atom. The summed E-state index contributed by atoms with van der Waals surface area (Å²) in [6.07, 6.45) is 11.3. The molecule has 0 saturated carbocycles. The monoisotopic (exact) mass is 548 g/mol. The molecule has 2 aliphatic heterocycles. The van der Waals surface area contributed by atoms with E-state index in [2.05, 4.69) is 28.2 Å². The van der Waals surface area contributed by atoms with Gasteiger partial charge in [-0.15, -0.1) is 0 Å². The van der Waals surface area contributed by atoms with Crippen LogP contribution in [0.5, 0.6) is 0 Å². The molecule has 0 radical (unpaired) electrons. The van der Waals surface area contributed by atoms with Crippen LogP contribution >= 0.6 is 11.6 Å². The van der Waals surface area contributed by atoms with Gasteiger partial charge >= 0.3 is 0 Å². The number of halogens is 1. The van der Waals surface area contributed by atoms with Crippen molar-refractivity contribution in [2.24, 2.45) is 12.0 Å². The molecule has 0 spiro atoms. The van der Waals surface area contributed by atoms with Crippen molar-refractivity contribution in [3.8, 4) is 11.3 Å². The first-order chi connectivity index (χ1) is 18.2. The van der Waals surface area contributed by atoms with Crippen LogP contribution in [0.4, 0.5) is 0 Å². The molecule has 4 heterocycles. The van der Waals surface area contributed by atoms with Gasteiger partial charge in [0.1, 0.15) is 21.4 Å². The van der Waals surface area contributed by atoms with Crippen molar-refractivity contribution >= 4 is 55.2 Å². The summed E-state index contributed by atoms with van der Waals surface area (Å²) in [4.78, 5) is 7.00. The van der Waals surface area contributed by atoms with Crippen molar-refractivity contribution in [1.82, 2.24) is 24.5 Å². The molecule has 0 amide bonds. The third kappa shape index (κ3) is 4.33. The molecule has 8 nitrogen and oxygen atoms in total. The van der Waals surface area contributed by atoms with Crippen LogP contribution in [0, 0.1) is 6.92 Å². The maximum Gasteiger partial charge on any atom is 0.150 e. The fourth-order valence-electron chi connectivity index (χ4n) is 5.48. The number of likely N-dealkylation sites (tertiary alicyclic amines) is 1. The number of fused-ring (bicyclic) bond motifs is 2. The minimum absolute atomic E-state index is 0.270. The third-order valence-electron chi connectivity index (χ3n) is 7.52. The predicted molar refractivity (Wildman–Crippen MR) is 154 cm³/mol. The van der Waals surface area contributed by atoms with Gasteiger partial charge in [0.05, 0.1) is 28.2 Å². The second kappa shape index (κ2) is 9.39. The zero-order valence-corrected chi connectivity index (χ0v) is 23.2. The molecule has 4 aromatic rings. The summed E-state index contributed by atoms with van der Waals surface area (Å²) in [6.45, 7) is 3.37. The van der Waals surface area contributed by atoms with Gasteiger partial charge in [0.15, 0.2) is 0 Å². The van der Waals surface area contributed by atoms with E-state index in [0.29, 0.717) is 37.4 Å². The first kappa shape index (κ1) is 24.9. The van der Waals surface area contributed by atoms with Crippen LogP contribution < -0.4 is 0 Å². The van der Waals surface area contributed by atoms with Gasteiger partial charge in [-0.2, -0.15) is 10.2 Å². The van der Waals surface area contributed by atoms with E-state index in [1.165, 1.54) is 6.26 Å². The number of nitrogens with zero attached hydrogens (tertiary/aromatic N) is 6. The van der Waals surface area contributed by atoms with Crippen LogP contribution in [-0.4, -0.2) is 63.7 Å². The average molecular weight is 549 g/mol. The van der Waals surface area contributed by atoms with Crippen molar-refractivity contribution in [3.63, 3.8) is 0 Å². The number of piperidine rings is 1. The van der Waals surface area contributed by atoms with Crippen LogP contribution in [0.2, 0.25) is 5.02 Å². The minimum Gasteiger partial charge on any atom is -0.357 e. The summed E-state index contributed by atoms with van der Waals surface area (Å²) in [7, 11) is -1.09. The molecule has 2 aromatic carbocycles. The summed E-state index contributed by atoms with van der Waals surface area (Å²) < 4.78 is 27.7. The molecule has 10 heteroatoms. The molecular weight excluding hydrogens is 520 g/mol. The van der Waals surface area contributed by atoms with E-state index < -0.39 is 9.84 Å². The Labute approximate surface area is 226 Å². The Morgan fingerprint density at radius 2 is 1.82 bits per heavy atom. The molecular formula is C28H29ClN6O2S. The highest BCUT2D eigenvalue weighted by Crippen LogP contribution is 2.37. The Hall–Kier alpha value is -3.43. The molecule has 196 valence electrons. The van der Waals surface area contributed by atoms with E-state index in [4.69, 9.17) is 21.7 Å². The second-order valence-corrected chi connectivity index (χ2v) is 12.8. The van der Waals surface area contributed by atoms with Gasteiger partial charge in [-0.1, -0.05) is 29.8 Å². The summed E-state index contributed by atoms with van der Waals surface area (Å²) in [5.41, 5.74) is 5.57. The molecule has 0 bridgehead atoms. The molecule has 0 atom stereocenters. The SMILES string of the molecule is Cc1c(Cl)ccc2c(-c3cccc4nn(C)cc34)nn(C3=CCC=C(N4CCC(S(C)(=O)=O)CC4)N=C3)c12. The molecule has 2 aromatic heterocycles. The van der Waals surface area contributed by atoms with Crippen LogP contribution in [-0.2, 0) is 16.9 Å². The smallest absolute Gasteiger partial charge is 0.150 e.